The molecule has 1 aromatic carbocycles. The molecule has 0 unspecified atom stereocenters. The SMILES string of the molecule is CCOC(=O)c1sc2c(c1C)c(=O)n(C(C)(C)C(=O)OCC(C)C)c(=O)n2C[C@H](OCC#N)c1cc(F)ccc1OC. The Labute approximate surface area is 246 Å². The minimum absolute atomic E-state index is 0.00570. The molecule has 2 aromatic heterocycles. The first-order valence-corrected chi connectivity index (χ1v) is 14.1. The lowest BCUT2D eigenvalue weighted by Gasteiger charge is -2.27. The van der Waals surface area contributed by atoms with Gasteiger partial charge in [-0.1, -0.05) is 13.8 Å². The molecule has 11 nitrogen and oxygen atoms in total. The Morgan fingerprint density at radius 3 is 2.48 bits per heavy atom. The van der Waals surface area contributed by atoms with Crippen LogP contribution in [0, 0.1) is 30.0 Å². The highest BCUT2D eigenvalue weighted by Gasteiger charge is 2.38. The molecule has 0 bridgehead atoms. The number of benzene rings is 1. The predicted octanol–water partition coefficient (Wildman–Crippen LogP) is 4.07. The molecule has 1 atom stereocenters. The number of nitrogens with zero attached hydrogens (tertiary/aromatic N) is 3. The number of nitriles is 1. The predicted molar refractivity (Wildman–Crippen MR) is 153 cm³/mol. The fourth-order valence-electron chi connectivity index (χ4n) is 4.40. The highest BCUT2D eigenvalue weighted by Crippen LogP contribution is 2.33. The van der Waals surface area contributed by atoms with Crippen molar-refractivity contribution in [2.45, 2.75) is 59.7 Å². The van der Waals surface area contributed by atoms with Crippen molar-refractivity contribution in [2.75, 3.05) is 26.9 Å². The second-order valence-corrected chi connectivity index (χ2v) is 11.4. The molecule has 13 heteroatoms. The van der Waals surface area contributed by atoms with E-state index < -0.39 is 47.3 Å². The zero-order chi connectivity index (χ0) is 31.4. The van der Waals surface area contributed by atoms with E-state index in [9.17, 15) is 28.8 Å². The first kappa shape index (κ1) is 32.5. The van der Waals surface area contributed by atoms with Gasteiger partial charge in [-0.25, -0.2) is 23.3 Å². The van der Waals surface area contributed by atoms with E-state index in [-0.39, 0.29) is 57.6 Å². The average Bonchev–Trinajstić information content (AvgIpc) is 3.28. The molecule has 0 spiro atoms. The van der Waals surface area contributed by atoms with Gasteiger partial charge in [-0.3, -0.25) is 9.36 Å². The number of esters is 2. The van der Waals surface area contributed by atoms with Crippen LogP contribution in [0.25, 0.3) is 10.2 Å². The van der Waals surface area contributed by atoms with Crippen LogP contribution >= 0.6 is 11.3 Å². The van der Waals surface area contributed by atoms with Gasteiger partial charge in [-0.05, 0) is 57.4 Å². The van der Waals surface area contributed by atoms with E-state index in [0.717, 1.165) is 22.0 Å². The second kappa shape index (κ2) is 13.3. The van der Waals surface area contributed by atoms with Crippen LogP contribution in [0.4, 0.5) is 4.39 Å². The number of carbonyl (C=O) groups is 2. The molecule has 0 aliphatic rings. The van der Waals surface area contributed by atoms with Crippen LogP contribution in [0.5, 0.6) is 5.75 Å². The van der Waals surface area contributed by atoms with Crippen LogP contribution in [0.2, 0.25) is 0 Å². The van der Waals surface area contributed by atoms with E-state index in [1.165, 1.54) is 37.7 Å². The Morgan fingerprint density at radius 2 is 1.88 bits per heavy atom. The quantitative estimate of drug-likeness (QED) is 0.280. The maximum Gasteiger partial charge on any atom is 0.348 e. The topological polar surface area (TPSA) is 139 Å². The summed E-state index contributed by atoms with van der Waals surface area (Å²) in [6, 6.07) is 5.60. The molecule has 2 heterocycles. The molecule has 42 heavy (non-hydrogen) atoms. The Bertz CT molecular complexity index is 1650. The lowest BCUT2D eigenvalue weighted by molar-refractivity contribution is -0.154. The van der Waals surface area contributed by atoms with Crippen molar-refractivity contribution in [3.8, 4) is 11.8 Å². The van der Waals surface area contributed by atoms with Crippen molar-refractivity contribution in [1.82, 2.24) is 9.13 Å². The van der Waals surface area contributed by atoms with E-state index in [4.69, 9.17) is 18.9 Å². The Hall–Kier alpha value is -4.02. The maximum absolute atomic E-state index is 14.4. The van der Waals surface area contributed by atoms with E-state index >= 15 is 0 Å². The fourth-order valence-corrected chi connectivity index (χ4v) is 5.60. The zero-order valence-electron chi connectivity index (χ0n) is 24.6. The summed E-state index contributed by atoms with van der Waals surface area (Å²) in [5.41, 5.74) is -2.96. The largest absolute Gasteiger partial charge is 0.496 e. The lowest BCUT2D eigenvalue weighted by Crippen LogP contribution is -2.53. The third-order valence-corrected chi connectivity index (χ3v) is 7.81. The summed E-state index contributed by atoms with van der Waals surface area (Å²) in [5, 5.41) is 9.26. The van der Waals surface area contributed by atoms with Gasteiger partial charge in [-0.2, -0.15) is 5.26 Å². The van der Waals surface area contributed by atoms with E-state index in [1.54, 1.807) is 13.8 Å². The van der Waals surface area contributed by atoms with Crippen LogP contribution in [-0.2, 0) is 31.1 Å². The number of hydrogen-bond donors (Lipinski definition) is 0. The number of rotatable bonds is 12. The third kappa shape index (κ3) is 6.39. The van der Waals surface area contributed by atoms with Gasteiger partial charge in [0.1, 0.15) is 39.5 Å². The maximum atomic E-state index is 14.4. The number of hydrogen-bond acceptors (Lipinski definition) is 10. The summed E-state index contributed by atoms with van der Waals surface area (Å²) in [6.45, 7) is 9.08. The van der Waals surface area contributed by atoms with Crippen LogP contribution in [0.15, 0.2) is 27.8 Å². The molecule has 0 saturated heterocycles. The van der Waals surface area contributed by atoms with E-state index in [2.05, 4.69) is 0 Å². The number of carbonyl (C=O) groups excluding carboxylic acids is 2. The Balaban J connectivity index is 2.38. The van der Waals surface area contributed by atoms with Crippen molar-refractivity contribution < 1.29 is 32.9 Å². The van der Waals surface area contributed by atoms with E-state index in [1.807, 2.05) is 19.9 Å². The molecular formula is C29H34FN3O8S. The van der Waals surface area contributed by atoms with Crippen LogP contribution < -0.4 is 16.0 Å². The Morgan fingerprint density at radius 1 is 1.19 bits per heavy atom. The van der Waals surface area contributed by atoms with Crippen LogP contribution in [-0.4, -0.2) is 48.0 Å². The molecule has 0 aliphatic heterocycles. The van der Waals surface area contributed by atoms with Gasteiger partial charge < -0.3 is 18.9 Å². The van der Waals surface area contributed by atoms with Crippen molar-refractivity contribution in [3.63, 3.8) is 0 Å². The molecule has 0 aliphatic carbocycles. The van der Waals surface area contributed by atoms with Crippen molar-refractivity contribution in [3.05, 3.63) is 60.9 Å². The molecule has 0 radical (unpaired) electrons. The number of thiophene rings is 1. The number of ether oxygens (including phenoxy) is 4. The van der Waals surface area contributed by atoms with Gasteiger partial charge in [0.05, 0.1) is 38.3 Å². The summed E-state index contributed by atoms with van der Waals surface area (Å²) < 4.78 is 38.0. The zero-order valence-corrected chi connectivity index (χ0v) is 25.4. The molecule has 3 rings (SSSR count). The normalized spacial score (nSPS) is 12.3. The Kier molecular flexibility index (Phi) is 10.3. The van der Waals surface area contributed by atoms with Gasteiger partial charge in [-0.15, -0.1) is 11.3 Å². The van der Waals surface area contributed by atoms with E-state index in [0.29, 0.717) is 0 Å². The van der Waals surface area contributed by atoms with Crippen molar-refractivity contribution in [1.29, 1.82) is 5.26 Å². The summed E-state index contributed by atoms with van der Waals surface area (Å²) in [5.74, 6) is -1.84. The molecule has 226 valence electrons. The number of halogens is 1. The smallest absolute Gasteiger partial charge is 0.348 e. The summed E-state index contributed by atoms with van der Waals surface area (Å²) in [6.07, 6.45) is -1.10. The van der Waals surface area contributed by atoms with Crippen molar-refractivity contribution >= 4 is 33.5 Å². The molecule has 3 aromatic rings. The minimum atomic E-state index is -1.75. The summed E-state index contributed by atoms with van der Waals surface area (Å²) >= 11 is 0.876. The average molecular weight is 604 g/mol. The molecule has 0 amide bonds. The number of fused-ring (bicyclic) bond motifs is 1. The second-order valence-electron chi connectivity index (χ2n) is 10.4. The van der Waals surface area contributed by atoms with Gasteiger partial charge in [0.15, 0.2) is 0 Å². The highest BCUT2D eigenvalue weighted by molar-refractivity contribution is 7.20. The van der Waals surface area contributed by atoms with Gasteiger partial charge in [0.2, 0.25) is 0 Å². The molecule has 0 fully saturated rings. The molecular weight excluding hydrogens is 569 g/mol. The highest BCUT2D eigenvalue weighted by atomic mass is 32.1. The van der Waals surface area contributed by atoms with Gasteiger partial charge in [0.25, 0.3) is 5.56 Å². The van der Waals surface area contributed by atoms with Crippen molar-refractivity contribution in [2.24, 2.45) is 5.92 Å². The van der Waals surface area contributed by atoms with Crippen LogP contribution in [0.1, 0.15) is 61.5 Å². The standard InChI is InChI=1S/C29H34FN3O8S/c1-8-39-26(35)23-17(4)22-24(34)33(29(5,6)27(36)41-15-16(2)3)28(37)32(25(22)42-23)14-21(40-12-11-31)19-13-18(30)9-10-20(19)38-7/h9-10,13,16,21H,8,12,14-15H2,1-7H3/t21-/m0/s1. The molecule has 0 N–H and O–H groups in total. The summed E-state index contributed by atoms with van der Waals surface area (Å²) in [4.78, 5) is 54.3. The first-order chi connectivity index (χ1) is 19.8. The number of aryl methyl sites for hydroxylation is 1. The fraction of sp³-hybridized carbons (Fsp3) is 0.483. The lowest BCUT2D eigenvalue weighted by atomic mass is 10.0. The molecule has 0 saturated carbocycles. The number of aromatic nitrogens is 2. The first-order valence-electron chi connectivity index (χ1n) is 13.3. The monoisotopic (exact) mass is 603 g/mol. The minimum Gasteiger partial charge on any atom is -0.496 e. The van der Waals surface area contributed by atoms with Gasteiger partial charge in [0, 0.05) is 5.56 Å². The van der Waals surface area contributed by atoms with Crippen LogP contribution in [0.3, 0.4) is 0 Å². The third-order valence-electron chi connectivity index (χ3n) is 6.52. The van der Waals surface area contributed by atoms with Gasteiger partial charge >= 0.3 is 17.6 Å². The summed E-state index contributed by atoms with van der Waals surface area (Å²) in [7, 11) is 1.38. The number of methoxy groups -OCH3 is 1.